The Morgan fingerprint density at radius 1 is 1.21 bits per heavy atom. The number of piperazine rings is 1. The number of methoxy groups -OCH3 is 1. The Labute approximate surface area is 155 Å². The van der Waals surface area contributed by atoms with Crippen LogP contribution in [0.1, 0.15) is 15.2 Å². The van der Waals surface area contributed by atoms with Crippen molar-refractivity contribution in [3.8, 4) is 5.75 Å². The molecule has 0 bridgehead atoms. The van der Waals surface area contributed by atoms with Crippen molar-refractivity contribution in [3.63, 3.8) is 0 Å². The number of benzene rings is 1. The van der Waals surface area contributed by atoms with E-state index >= 15 is 0 Å². The summed E-state index contributed by atoms with van der Waals surface area (Å²) in [6.07, 6.45) is 0. The minimum atomic E-state index is 0.0438. The molecule has 1 fully saturated rings. The van der Waals surface area contributed by atoms with Crippen LogP contribution in [0.2, 0.25) is 10.0 Å². The smallest absolute Gasteiger partial charge is 0.267 e. The van der Waals surface area contributed by atoms with E-state index in [0.717, 1.165) is 25.2 Å². The first-order valence-electron chi connectivity index (χ1n) is 7.66. The molecule has 4 nitrogen and oxygen atoms in total. The number of hydrogen-bond acceptors (Lipinski definition) is 4. The molecular weight excluding hydrogens is 367 g/mol. The zero-order valence-electron chi connectivity index (χ0n) is 13.3. The van der Waals surface area contributed by atoms with Gasteiger partial charge < -0.3 is 9.64 Å². The molecule has 0 unspecified atom stereocenters. The predicted octanol–water partition coefficient (Wildman–Crippen LogP) is 4.02. The molecule has 0 N–H and O–H groups in total. The summed E-state index contributed by atoms with van der Waals surface area (Å²) in [7, 11) is 1.59. The van der Waals surface area contributed by atoms with E-state index in [1.807, 2.05) is 28.5 Å². The number of ether oxygens (including phenoxy) is 1. The van der Waals surface area contributed by atoms with Crippen LogP contribution in [-0.4, -0.2) is 49.0 Å². The van der Waals surface area contributed by atoms with Gasteiger partial charge in [-0.3, -0.25) is 9.69 Å². The van der Waals surface area contributed by atoms with Crippen LogP contribution in [0.25, 0.3) is 0 Å². The molecule has 0 aliphatic carbocycles. The Bertz CT molecular complexity index is 727. The van der Waals surface area contributed by atoms with Crippen molar-refractivity contribution in [3.05, 3.63) is 50.1 Å². The number of rotatable bonds is 4. The van der Waals surface area contributed by atoms with Crippen molar-refractivity contribution in [1.82, 2.24) is 9.80 Å². The second kappa shape index (κ2) is 7.74. The monoisotopic (exact) mass is 384 g/mol. The number of amides is 1. The Balaban J connectivity index is 1.60. The van der Waals surface area contributed by atoms with Crippen LogP contribution in [0.3, 0.4) is 0 Å². The van der Waals surface area contributed by atoms with Crippen LogP contribution in [0.15, 0.2) is 29.6 Å². The minimum Gasteiger partial charge on any atom is -0.495 e. The fraction of sp³-hybridized carbons (Fsp3) is 0.353. The van der Waals surface area contributed by atoms with Gasteiger partial charge in [0, 0.05) is 32.7 Å². The van der Waals surface area contributed by atoms with Crippen LogP contribution in [0.4, 0.5) is 0 Å². The van der Waals surface area contributed by atoms with Gasteiger partial charge in [-0.15, -0.1) is 11.3 Å². The summed E-state index contributed by atoms with van der Waals surface area (Å²) >= 11 is 13.7. The second-order valence-corrected chi connectivity index (χ2v) is 7.30. The number of hydrogen-bond donors (Lipinski definition) is 0. The van der Waals surface area contributed by atoms with Crippen LogP contribution < -0.4 is 4.74 Å². The first-order valence-corrected chi connectivity index (χ1v) is 9.29. The van der Waals surface area contributed by atoms with Crippen molar-refractivity contribution in [1.29, 1.82) is 0 Å². The van der Waals surface area contributed by atoms with Gasteiger partial charge in [0.25, 0.3) is 5.91 Å². The van der Waals surface area contributed by atoms with Crippen molar-refractivity contribution in [2.45, 2.75) is 6.54 Å². The Kier molecular flexibility index (Phi) is 5.66. The molecular formula is C17H18Cl2N2O2S. The van der Waals surface area contributed by atoms with Gasteiger partial charge >= 0.3 is 0 Å². The number of thiophene rings is 1. The molecule has 1 amide bonds. The lowest BCUT2D eigenvalue weighted by Crippen LogP contribution is -2.48. The van der Waals surface area contributed by atoms with Gasteiger partial charge in [0.15, 0.2) is 0 Å². The van der Waals surface area contributed by atoms with E-state index in [0.29, 0.717) is 33.8 Å². The maximum atomic E-state index is 12.6. The molecule has 2 aromatic rings. The highest BCUT2D eigenvalue weighted by atomic mass is 35.5. The Morgan fingerprint density at radius 2 is 1.96 bits per heavy atom. The van der Waals surface area contributed by atoms with Gasteiger partial charge in [-0.05, 0) is 23.1 Å². The van der Waals surface area contributed by atoms with Crippen molar-refractivity contribution < 1.29 is 9.53 Å². The van der Waals surface area contributed by atoms with E-state index in [1.165, 1.54) is 11.3 Å². The normalized spacial score (nSPS) is 15.5. The van der Waals surface area contributed by atoms with Gasteiger partial charge in [-0.1, -0.05) is 35.3 Å². The first-order chi connectivity index (χ1) is 11.6. The first kappa shape index (κ1) is 17.5. The molecule has 2 heterocycles. The fourth-order valence-electron chi connectivity index (χ4n) is 2.78. The lowest BCUT2D eigenvalue weighted by Gasteiger charge is -2.34. The highest BCUT2D eigenvalue weighted by Gasteiger charge is 2.25. The van der Waals surface area contributed by atoms with Crippen LogP contribution >= 0.6 is 34.5 Å². The van der Waals surface area contributed by atoms with E-state index < -0.39 is 0 Å². The molecule has 128 valence electrons. The molecule has 0 spiro atoms. The van der Waals surface area contributed by atoms with E-state index in [1.54, 1.807) is 13.2 Å². The van der Waals surface area contributed by atoms with Crippen LogP contribution in [0, 0.1) is 0 Å². The molecule has 0 atom stereocenters. The third-order valence-electron chi connectivity index (χ3n) is 4.13. The van der Waals surface area contributed by atoms with Crippen LogP contribution in [-0.2, 0) is 6.54 Å². The Morgan fingerprint density at radius 3 is 2.67 bits per heavy atom. The molecule has 1 aromatic heterocycles. The standard InChI is InChI=1S/C17H18Cl2N2O2S/c1-23-14-5-10-24-16(14)17(22)21-8-6-20(7-9-21)11-12-3-2-4-13(18)15(12)19/h2-5,10H,6-9,11H2,1H3. The minimum absolute atomic E-state index is 0.0438. The average molecular weight is 385 g/mol. The van der Waals surface area contributed by atoms with Gasteiger partial charge in [0.1, 0.15) is 10.6 Å². The van der Waals surface area contributed by atoms with Crippen molar-refractivity contribution in [2.24, 2.45) is 0 Å². The van der Waals surface area contributed by atoms with Gasteiger partial charge in [0.05, 0.1) is 17.2 Å². The number of carbonyl (C=O) groups excluding carboxylic acids is 1. The number of halogens is 2. The van der Waals surface area contributed by atoms with Gasteiger partial charge in [-0.25, -0.2) is 0 Å². The highest BCUT2D eigenvalue weighted by Crippen LogP contribution is 2.28. The molecule has 3 rings (SSSR count). The summed E-state index contributed by atoms with van der Waals surface area (Å²) in [5, 5.41) is 3.07. The molecule has 7 heteroatoms. The second-order valence-electron chi connectivity index (χ2n) is 5.60. The molecule has 0 radical (unpaired) electrons. The summed E-state index contributed by atoms with van der Waals surface area (Å²) in [5.74, 6) is 0.695. The summed E-state index contributed by atoms with van der Waals surface area (Å²) in [4.78, 5) is 17.4. The lowest BCUT2D eigenvalue weighted by atomic mass is 10.2. The zero-order chi connectivity index (χ0) is 17.1. The summed E-state index contributed by atoms with van der Waals surface area (Å²) < 4.78 is 5.25. The van der Waals surface area contributed by atoms with Gasteiger partial charge in [-0.2, -0.15) is 0 Å². The van der Waals surface area contributed by atoms with E-state index in [2.05, 4.69) is 4.90 Å². The summed E-state index contributed by atoms with van der Waals surface area (Å²) in [6, 6.07) is 7.52. The summed E-state index contributed by atoms with van der Waals surface area (Å²) in [5.41, 5.74) is 1.02. The van der Waals surface area contributed by atoms with E-state index in [-0.39, 0.29) is 5.91 Å². The molecule has 1 aliphatic rings. The van der Waals surface area contributed by atoms with E-state index in [4.69, 9.17) is 27.9 Å². The maximum Gasteiger partial charge on any atom is 0.267 e. The highest BCUT2D eigenvalue weighted by molar-refractivity contribution is 7.12. The number of nitrogens with zero attached hydrogens (tertiary/aromatic N) is 2. The largest absolute Gasteiger partial charge is 0.495 e. The zero-order valence-corrected chi connectivity index (χ0v) is 15.6. The third-order valence-corrected chi connectivity index (χ3v) is 5.87. The topological polar surface area (TPSA) is 32.8 Å². The fourth-order valence-corrected chi connectivity index (χ4v) is 3.98. The molecule has 1 aliphatic heterocycles. The molecule has 24 heavy (non-hydrogen) atoms. The van der Waals surface area contributed by atoms with Crippen LogP contribution in [0.5, 0.6) is 5.75 Å². The van der Waals surface area contributed by atoms with Gasteiger partial charge in [0.2, 0.25) is 0 Å². The molecule has 1 saturated heterocycles. The lowest BCUT2D eigenvalue weighted by molar-refractivity contribution is 0.0630. The molecule has 1 aromatic carbocycles. The van der Waals surface area contributed by atoms with E-state index in [9.17, 15) is 4.79 Å². The van der Waals surface area contributed by atoms with Crippen molar-refractivity contribution >= 4 is 40.4 Å². The maximum absolute atomic E-state index is 12.6. The summed E-state index contributed by atoms with van der Waals surface area (Å²) in [6.45, 7) is 3.74. The molecule has 0 saturated carbocycles. The number of carbonyl (C=O) groups is 1. The third kappa shape index (κ3) is 3.70. The Hall–Kier alpha value is -1.27. The quantitative estimate of drug-likeness (QED) is 0.797. The average Bonchev–Trinajstić information content (AvgIpc) is 3.08. The predicted molar refractivity (Wildman–Crippen MR) is 98.5 cm³/mol. The van der Waals surface area contributed by atoms with Crippen molar-refractivity contribution in [2.75, 3.05) is 33.3 Å². The SMILES string of the molecule is COc1ccsc1C(=O)N1CCN(Cc2cccc(Cl)c2Cl)CC1.